The van der Waals surface area contributed by atoms with Crippen LogP contribution in [0.15, 0.2) is 0 Å². The zero-order valence-corrected chi connectivity index (χ0v) is 14.9. The number of carbonyl (C=O) groups is 2. The second kappa shape index (κ2) is 6.36. The average molecular weight is 323 g/mol. The molecule has 22 heavy (non-hydrogen) atoms. The second-order valence-electron chi connectivity index (χ2n) is 6.84. The van der Waals surface area contributed by atoms with E-state index in [1.807, 2.05) is 44.4 Å². The van der Waals surface area contributed by atoms with Gasteiger partial charge in [-0.25, -0.2) is 4.98 Å². The highest BCUT2D eigenvalue weighted by molar-refractivity contribution is 7.11. The summed E-state index contributed by atoms with van der Waals surface area (Å²) in [6, 6.07) is 0. The molecule has 0 N–H and O–H groups in total. The molecule has 122 valence electrons. The van der Waals surface area contributed by atoms with Crippen LogP contribution < -0.4 is 0 Å². The SMILES string of the molecule is Cc1nc(C)c(CC(=O)N2CCN(C(=O)C(C)(C)C)CC2)s1. The van der Waals surface area contributed by atoms with E-state index in [1.165, 1.54) is 0 Å². The third-order valence-corrected chi connectivity index (χ3v) is 4.95. The van der Waals surface area contributed by atoms with Crippen LogP contribution >= 0.6 is 11.3 Å². The van der Waals surface area contributed by atoms with Crippen LogP contribution in [0.5, 0.6) is 0 Å². The Bertz CT molecular complexity index is 566. The van der Waals surface area contributed by atoms with Gasteiger partial charge in [0.2, 0.25) is 11.8 Å². The van der Waals surface area contributed by atoms with Gasteiger partial charge in [-0.2, -0.15) is 0 Å². The second-order valence-corrected chi connectivity index (χ2v) is 8.13. The molecular weight excluding hydrogens is 298 g/mol. The van der Waals surface area contributed by atoms with Crippen molar-refractivity contribution in [1.82, 2.24) is 14.8 Å². The van der Waals surface area contributed by atoms with Crippen LogP contribution in [0.2, 0.25) is 0 Å². The van der Waals surface area contributed by atoms with E-state index in [4.69, 9.17) is 0 Å². The van der Waals surface area contributed by atoms with Crippen LogP contribution in [-0.2, 0) is 16.0 Å². The molecule has 2 amide bonds. The van der Waals surface area contributed by atoms with Gasteiger partial charge in [0.1, 0.15) is 0 Å². The van der Waals surface area contributed by atoms with Crippen LogP contribution in [-0.4, -0.2) is 52.8 Å². The Morgan fingerprint density at radius 2 is 1.64 bits per heavy atom. The first-order valence-electron chi connectivity index (χ1n) is 7.68. The van der Waals surface area contributed by atoms with Crippen LogP contribution in [0.4, 0.5) is 0 Å². The van der Waals surface area contributed by atoms with Crippen molar-refractivity contribution in [2.45, 2.75) is 41.0 Å². The van der Waals surface area contributed by atoms with Crippen molar-refractivity contribution in [2.75, 3.05) is 26.2 Å². The van der Waals surface area contributed by atoms with E-state index < -0.39 is 0 Å². The molecule has 0 unspecified atom stereocenters. The van der Waals surface area contributed by atoms with Crippen molar-refractivity contribution in [2.24, 2.45) is 5.41 Å². The summed E-state index contributed by atoms with van der Waals surface area (Å²) >= 11 is 1.59. The Hall–Kier alpha value is -1.43. The molecule has 0 spiro atoms. The number of hydrogen-bond donors (Lipinski definition) is 0. The molecule has 0 radical (unpaired) electrons. The number of carbonyl (C=O) groups excluding carboxylic acids is 2. The van der Waals surface area contributed by atoms with Crippen LogP contribution in [0.1, 0.15) is 36.3 Å². The number of aromatic nitrogens is 1. The molecule has 1 saturated heterocycles. The molecule has 0 aromatic carbocycles. The number of piperazine rings is 1. The molecule has 5 nitrogen and oxygen atoms in total. The number of hydrogen-bond acceptors (Lipinski definition) is 4. The number of thiazole rings is 1. The van der Waals surface area contributed by atoms with Gasteiger partial charge in [0.25, 0.3) is 0 Å². The van der Waals surface area contributed by atoms with E-state index in [2.05, 4.69) is 4.98 Å². The molecule has 2 rings (SSSR count). The van der Waals surface area contributed by atoms with Gasteiger partial charge in [-0.05, 0) is 13.8 Å². The zero-order valence-electron chi connectivity index (χ0n) is 14.1. The number of aryl methyl sites for hydroxylation is 2. The van der Waals surface area contributed by atoms with Gasteiger partial charge in [-0.15, -0.1) is 11.3 Å². The van der Waals surface area contributed by atoms with Gasteiger partial charge < -0.3 is 9.80 Å². The standard InChI is InChI=1S/C16H25N3O2S/c1-11-13(22-12(2)17-11)10-14(20)18-6-8-19(9-7-18)15(21)16(3,4)5/h6-10H2,1-5H3. The molecule has 0 atom stereocenters. The minimum absolute atomic E-state index is 0.134. The predicted molar refractivity (Wildman–Crippen MR) is 87.9 cm³/mol. The lowest BCUT2D eigenvalue weighted by Crippen LogP contribution is -2.53. The summed E-state index contributed by atoms with van der Waals surface area (Å²) in [5, 5.41) is 1.00. The minimum Gasteiger partial charge on any atom is -0.339 e. The largest absolute Gasteiger partial charge is 0.339 e. The number of rotatable bonds is 2. The number of nitrogens with zero attached hydrogens (tertiary/aromatic N) is 3. The summed E-state index contributed by atoms with van der Waals surface area (Å²) in [5.41, 5.74) is 0.598. The Morgan fingerprint density at radius 1 is 1.09 bits per heavy atom. The fourth-order valence-corrected chi connectivity index (χ4v) is 3.55. The van der Waals surface area contributed by atoms with Crippen LogP contribution in [0, 0.1) is 19.3 Å². The molecule has 1 aromatic rings. The molecule has 1 fully saturated rings. The van der Waals surface area contributed by atoms with E-state index in [9.17, 15) is 9.59 Å². The van der Waals surface area contributed by atoms with Crippen molar-refractivity contribution in [3.8, 4) is 0 Å². The zero-order chi connectivity index (χ0) is 16.5. The Kier molecular flexibility index (Phi) is 4.90. The highest BCUT2D eigenvalue weighted by Gasteiger charge is 2.30. The smallest absolute Gasteiger partial charge is 0.228 e. The van der Waals surface area contributed by atoms with Crippen molar-refractivity contribution in [3.63, 3.8) is 0 Å². The summed E-state index contributed by atoms with van der Waals surface area (Å²) in [6.45, 7) is 12.2. The Morgan fingerprint density at radius 3 is 2.09 bits per heavy atom. The van der Waals surface area contributed by atoms with Crippen molar-refractivity contribution < 1.29 is 9.59 Å². The van der Waals surface area contributed by atoms with E-state index in [1.54, 1.807) is 11.3 Å². The van der Waals surface area contributed by atoms with Crippen molar-refractivity contribution in [1.29, 1.82) is 0 Å². The fourth-order valence-electron chi connectivity index (χ4n) is 2.62. The van der Waals surface area contributed by atoms with Gasteiger partial charge in [0, 0.05) is 36.5 Å². The van der Waals surface area contributed by atoms with Crippen LogP contribution in [0.3, 0.4) is 0 Å². The minimum atomic E-state index is -0.358. The molecule has 1 aromatic heterocycles. The predicted octanol–water partition coefficient (Wildman–Crippen LogP) is 2.02. The van der Waals surface area contributed by atoms with Gasteiger partial charge in [-0.3, -0.25) is 9.59 Å². The van der Waals surface area contributed by atoms with Crippen LogP contribution in [0.25, 0.3) is 0 Å². The molecule has 2 heterocycles. The summed E-state index contributed by atoms with van der Waals surface area (Å²) in [5.74, 6) is 0.295. The highest BCUT2D eigenvalue weighted by atomic mass is 32.1. The average Bonchev–Trinajstić information content (AvgIpc) is 2.75. The van der Waals surface area contributed by atoms with Gasteiger partial charge in [0.05, 0.1) is 17.1 Å². The molecule has 1 aliphatic rings. The van der Waals surface area contributed by atoms with E-state index in [0.29, 0.717) is 32.6 Å². The fraction of sp³-hybridized carbons (Fsp3) is 0.688. The van der Waals surface area contributed by atoms with Gasteiger partial charge >= 0.3 is 0 Å². The molecule has 0 bridgehead atoms. The molecule has 1 aliphatic heterocycles. The van der Waals surface area contributed by atoms with Gasteiger partial charge in [0.15, 0.2) is 0 Å². The maximum absolute atomic E-state index is 12.4. The number of amides is 2. The first kappa shape index (κ1) is 16.9. The molecular formula is C16H25N3O2S. The topological polar surface area (TPSA) is 53.5 Å². The van der Waals surface area contributed by atoms with E-state index in [-0.39, 0.29) is 17.2 Å². The quantitative estimate of drug-likeness (QED) is 0.837. The van der Waals surface area contributed by atoms with Crippen molar-refractivity contribution >= 4 is 23.2 Å². The third kappa shape index (κ3) is 3.85. The molecule has 6 heteroatoms. The summed E-state index contributed by atoms with van der Waals surface area (Å²) < 4.78 is 0. The first-order valence-corrected chi connectivity index (χ1v) is 8.50. The van der Waals surface area contributed by atoms with E-state index >= 15 is 0 Å². The lowest BCUT2D eigenvalue weighted by atomic mass is 9.94. The monoisotopic (exact) mass is 323 g/mol. The lowest BCUT2D eigenvalue weighted by Gasteiger charge is -2.37. The third-order valence-electron chi connectivity index (χ3n) is 3.87. The normalized spacial score (nSPS) is 16.0. The molecule has 0 aliphatic carbocycles. The maximum Gasteiger partial charge on any atom is 0.228 e. The van der Waals surface area contributed by atoms with E-state index in [0.717, 1.165) is 15.6 Å². The highest BCUT2D eigenvalue weighted by Crippen LogP contribution is 2.21. The Balaban J connectivity index is 1.90. The Labute approximate surface area is 136 Å². The van der Waals surface area contributed by atoms with Gasteiger partial charge in [-0.1, -0.05) is 20.8 Å². The molecule has 0 saturated carbocycles. The summed E-state index contributed by atoms with van der Waals surface area (Å²) in [4.78, 5) is 33.8. The summed E-state index contributed by atoms with van der Waals surface area (Å²) in [6.07, 6.45) is 0.421. The summed E-state index contributed by atoms with van der Waals surface area (Å²) in [7, 11) is 0. The van der Waals surface area contributed by atoms with Crippen molar-refractivity contribution in [3.05, 3.63) is 15.6 Å². The lowest BCUT2D eigenvalue weighted by molar-refractivity contribution is -0.144. The first-order chi connectivity index (χ1) is 10.2. The maximum atomic E-state index is 12.4.